The molecule has 0 aromatic heterocycles. The summed E-state index contributed by atoms with van der Waals surface area (Å²) < 4.78 is 35.9. The number of carbonyl (C=O) groups excluding carboxylic acids is 2. The van der Waals surface area contributed by atoms with Crippen LogP contribution in [0, 0.1) is 0 Å². The van der Waals surface area contributed by atoms with E-state index in [4.69, 9.17) is 9.29 Å². The third kappa shape index (κ3) is 4.26. The van der Waals surface area contributed by atoms with Crippen LogP contribution < -0.4 is 5.32 Å². The zero-order valence-corrected chi connectivity index (χ0v) is 12.5. The summed E-state index contributed by atoms with van der Waals surface area (Å²) in [5, 5.41) is 3.10. The van der Waals surface area contributed by atoms with E-state index in [0.29, 0.717) is 26.2 Å². The molecule has 1 heterocycles. The Balaban J connectivity index is 1.96. The zero-order valence-electron chi connectivity index (χ0n) is 11.7. The van der Waals surface area contributed by atoms with Gasteiger partial charge in [-0.05, 0) is 18.2 Å². The van der Waals surface area contributed by atoms with E-state index in [1.165, 1.54) is 12.1 Å². The average molecular weight is 328 g/mol. The molecule has 1 saturated heterocycles. The number of rotatable bonds is 4. The molecule has 9 heteroatoms. The predicted molar refractivity (Wildman–Crippen MR) is 76.0 cm³/mol. The second kappa shape index (κ2) is 6.86. The minimum absolute atomic E-state index is 0.0526. The van der Waals surface area contributed by atoms with Crippen molar-refractivity contribution in [2.24, 2.45) is 0 Å². The summed E-state index contributed by atoms with van der Waals surface area (Å²) in [4.78, 5) is 24.8. The molecule has 1 aromatic rings. The molecule has 0 spiro atoms. The van der Waals surface area contributed by atoms with Gasteiger partial charge >= 0.3 is 5.97 Å². The average Bonchev–Trinajstić information content (AvgIpc) is 2.52. The van der Waals surface area contributed by atoms with Gasteiger partial charge in [0.25, 0.3) is 16.0 Å². The van der Waals surface area contributed by atoms with Gasteiger partial charge in [-0.15, -0.1) is 0 Å². The monoisotopic (exact) mass is 328 g/mol. The largest absolute Gasteiger partial charge is 0.452 e. The van der Waals surface area contributed by atoms with Gasteiger partial charge in [0.1, 0.15) is 0 Å². The molecule has 0 atom stereocenters. The number of hydrogen-bond donors (Lipinski definition) is 2. The summed E-state index contributed by atoms with van der Waals surface area (Å²) in [6, 6.07) is 4.79. The lowest BCUT2D eigenvalue weighted by Crippen LogP contribution is -2.47. The minimum Gasteiger partial charge on any atom is -0.452 e. The van der Waals surface area contributed by atoms with Crippen molar-refractivity contribution >= 4 is 22.0 Å². The number of hydrogen-bond acceptors (Lipinski definition) is 6. The minimum atomic E-state index is -4.40. The van der Waals surface area contributed by atoms with Crippen molar-refractivity contribution in [1.29, 1.82) is 0 Å². The molecule has 120 valence electrons. The Morgan fingerprint density at radius 3 is 2.59 bits per heavy atom. The molecule has 0 bridgehead atoms. The van der Waals surface area contributed by atoms with Crippen LogP contribution in [-0.4, -0.2) is 62.5 Å². The number of esters is 1. The van der Waals surface area contributed by atoms with Crippen LogP contribution in [0.15, 0.2) is 29.2 Å². The molecule has 2 N–H and O–H groups in total. The highest BCUT2D eigenvalue weighted by atomic mass is 32.2. The lowest BCUT2D eigenvalue weighted by atomic mass is 10.2. The smallest absolute Gasteiger partial charge is 0.338 e. The van der Waals surface area contributed by atoms with Gasteiger partial charge in [-0.1, -0.05) is 6.07 Å². The number of nitrogens with one attached hydrogen (secondary N) is 1. The van der Waals surface area contributed by atoms with Crippen LogP contribution in [0.4, 0.5) is 0 Å². The van der Waals surface area contributed by atoms with Crippen molar-refractivity contribution in [1.82, 2.24) is 10.2 Å². The van der Waals surface area contributed by atoms with E-state index < -0.39 is 27.6 Å². The number of nitrogens with zero attached hydrogens (tertiary/aromatic N) is 1. The van der Waals surface area contributed by atoms with Gasteiger partial charge in [0, 0.05) is 26.2 Å². The molecule has 1 fully saturated rings. The second-order valence-corrected chi connectivity index (χ2v) is 6.13. The molecular formula is C13H16N2O6S. The maximum absolute atomic E-state index is 11.8. The van der Waals surface area contributed by atoms with Crippen LogP contribution in [-0.2, 0) is 19.6 Å². The van der Waals surface area contributed by atoms with Crippen LogP contribution in [0.1, 0.15) is 10.4 Å². The first-order valence-electron chi connectivity index (χ1n) is 6.61. The van der Waals surface area contributed by atoms with Crippen molar-refractivity contribution < 1.29 is 27.3 Å². The third-order valence-corrected chi connectivity index (χ3v) is 4.01. The Kier molecular flexibility index (Phi) is 5.11. The quantitative estimate of drug-likeness (QED) is 0.567. The Morgan fingerprint density at radius 2 is 1.95 bits per heavy atom. The highest BCUT2D eigenvalue weighted by molar-refractivity contribution is 7.85. The topological polar surface area (TPSA) is 113 Å². The lowest BCUT2D eigenvalue weighted by molar-refractivity contribution is -0.135. The SMILES string of the molecule is O=C(OCC(=O)N1CCNCC1)c1cccc(S(=O)(=O)O)c1. The summed E-state index contributed by atoms with van der Waals surface area (Å²) in [5.74, 6) is -1.13. The Hall–Kier alpha value is -1.97. The zero-order chi connectivity index (χ0) is 16.2. The molecule has 1 amide bonds. The van der Waals surface area contributed by atoms with Crippen LogP contribution in [0.2, 0.25) is 0 Å². The predicted octanol–water partition coefficient (Wildman–Crippen LogP) is -0.478. The summed E-state index contributed by atoms with van der Waals surface area (Å²) in [7, 11) is -4.40. The Morgan fingerprint density at radius 1 is 1.27 bits per heavy atom. The molecule has 0 radical (unpaired) electrons. The highest BCUT2D eigenvalue weighted by Crippen LogP contribution is 2.12. The van der Waals surface area contributed by atoms with Crippen molar-refractivity contribution in [2.75, 3.05) is 32.8 Å². The first-order valence-corrected chi connectivity index (χ1v) is 8.05. The molecule has 22 heavy (non-hydrogen) atoms. The number of carbonyl (C=O) groups is 2. The van der Waals surface area contributed by atoms with Crippen LogP contribution >= 0.6 is 0 Å². The maximum Gasteiger partial charge on any atom is 0.338 e. The van der Waals surface area contributed by atoms with Crippen LogP contribution in [0.5, 0.6) is 0 Å². The van der Waals surface area contributed by atoms with E-state index in [0.717, 1.165) is 12.1 Å². The summed E-state index contributed by atoms with van der Waals surface area (Å²) in [5.41, 5.74) is -0.0526. The van der Waals surface area contributed by atoms with Gasteiger partial charge in [-0.25, -0.2) is 4.79 Å². The van der Waals surface area contributed by atoms with E-state index >= 15 is 0 Å². The Labute approximate surface area is 127 Å². The van der Waals surface area contributed by atoms with E-state index in [2.05, 4.69) is 5.32 Å². The van der Waals surface area contributed by atoms with Gasteiger partial charge < -0.3 is 15.0 Å². The molecule has 0 aliphatic carbocycles. The number of ether oxygens (including phenoxy) is 1. The molecule has 1 aliphatic rings. The van der Waals surface area contributed by atoms with E-state index in [-0.39, 0.29) is 11.5 Å². The molecule has 8 nitrogen and oxygen atoms in total. The first-order chi connectivity index (χ1) is 10.4. The Bertz CT molecular complexity index is 667. The molecule has 1 aromatic carbocycles. The lowest BCUT2D eigenvalue weighted by Gasteiger charge is -2.27. The molecule has 2 rings (SSSR count). The van der Waals surface area contributed by atoms with Gasteiger partial charge in [-0.3, -0.25) is 9.35 Å². The first kappa shape index (κ1) is 16.4. The summed E-state index contributed by atoms with van der Waals surface area (Å²) >= 11 is 0. The summed E-state index contributed by atoms with van der Waals surface area (Å²) in [6.45, 7) is 2.07. The maximum atomic E-state index is 11.8. The van der Waals surface area contributed by atoms with Gasteiger partial charge in [0.15, 0.2) is 6.61 Å². The van der Waals surface area contributed by atoms with Crippen LogP contribution in [0.25, 0.3) is 0 Å². The van der Waals surface area contributed by atoms with Crippen molar-refractivity contribution in [3.63, 3.8) is 0 Å². The third-order valence-electron chi connectivity index (χ3n) is 3.16. The fourth-order valence-electron chi connectivity index (χ4n) is 2.00. The normalized spacial score (nSPS) is 15.4. The standard InChI is InChI=1S/C13H16N2O6S/c16-12(15-6-4-14-5-7-15)9-21-13(17)10-2-1-3-11(8-10)22(18,19)20/h1-3,8,14H,4-7,9H2,(H,18,19,20). The fraction of sp³-hybridized carbons (Fsp3) is 0.385. The molecular weight excluding hydrogens is 312 g/mol. The van der Waals surface area contributed by atoms with E-state index in [1.54, 1.807) is 4.90 Å². The summed E-state index contributed by atoms with van der Waals surface area (Å²) in [6.07, 6.45) is 0. The fourth-order valence-corrected chi connectivity index (χ4v) is 2.53. The highest BCUT2D eigenvalue weighted by Gasteiger charge is 2.19. The number of piperazine rings is 1. The number of amides is 1. The van der Waals surface area contributed by atoms with E-state index in [1.807, 2.05) is 0 Å². The molecule has 0 saturated carbocycles. The van der Waals surface area contributed by atoms with Gasteiger partial charge in [-0.2, -0.15) is 8.42 Å². The van der Waals surface area contributed by atoms with E-state index in [9.17, 15) is 18.0 Å². The van der Waals surface area contributed by atoms with Crippen LogP contribution in [0.3, 0.4) is 0 Å². The van der Waals surface area contributed by atoms with Crippen molar-refractivity contribution in [3.05, 3.63) is 29.8 Å². The molecule has 1 aliphatic heterocycles. The van der Waals surface area contributed by atoms with Gasteiger partial charge in [0.05, 0.1) is 10.5 Å². The van der Waals surface area contributed by atoms with Crippen molar-refractivity contribution in [2.45, 2.75) is 4.90 Å². The van der Waals surface area contributed by atoms with Gasteiger partial charge in [0.2, 0.25) is 0 Å². The molecule has 0 unspecified atom stereocenters. The number of benzene rings is 1. The second-order valence-electron chi connectivity index (χ2n) is 4.71. The van der Waals surface area contributed by atoms with Crippen molar-refractivity contribution in [3.8, 4) is 0 Å².